The fraction of sp³-hybridized carbons (Fsp3) is 0.333. The third-order valence-electron chi connectivity index (χ3n) is 2.50. The minimum Gasteiger partial charge on any atom is -0.313 e. The molecule has 0 amide bonds. The average molecular weight is 244 g/mol. The smallest absolute Gasteiger partial charge is 0.0406 e. The molecular formula is C12H15Cl2N. The Hall–Kier alpha value is -0.500. The van der Waals surface area contributed by atoms with E-state index >= 15 is 0 Å². The summed E-state index contributed by atoms with van der Waals surface area (Å²) in [7, 11) is 0. The maximum Gasteiger partial charge on any atom is 0.0406 e. The Labute approximate surface area is 102 Å². The molecule has 2 rings (SSSR count). The van der Waals surface area contributed by atoms with Crippen molar-refractivity contribution in [2.24, 2.45) is 0 Å². The Morgan fingerprint density at radius 3 is 2.53 bits per heavy atom. The lowest BCUT2D eigenvalue weighted by atomic mass is 10.0. The summed E-state index contributed by atoms with van der Waals surface area (Å²) in [6, 6.07) is 8.12. The van der Waals surface area contributed by atoms with Gasteiger partial charge in [-0.25, -0.2) is 0 Å². The second-order valence-electron chi connectivity index (χ2n) is 3.62. The molecule has 1 aromatic carbocycles. The third kappa shape index (κ3) is 3.86. The molecule has 0 aliphatic carbocycles. The average Bonchev–Trinajstić information content (AvgIpc) is 2.23. The van der Waals surface area contributed by atoms with Gasteiger partial charge in [0.1, 0.15) is 0 Å². The molecule has 1 aliphatic rings. The fourth-order valence-electron chi connectivity index (χ4n) is 1.69. The number of hydrogen-bond donors (Lipinski definition) is 1. The lowest BCUT2D eigenvalue weighted by Gasteiger charge is -2.13. The molecule has 1 N–H and O–H groups in total. The Kier molecular flexibility index (Phi) is 5.16. The molecule has 0 saturated heterocycles. The van der Waals surface area contributed by atoms with Crippen LogP contribution in [0.1, 0.15) is 12.0 Å². The van der Waals surface area contributed by atoms with Gasteiger partial charge < -0.3 is 5.32 Å². The van der Waals surface area contributed by atoms with Gasteiger partial charge in [-0.15, -0.1) is 12.4 Å². The molecule has 0 radical (unpaired) electrons. The predicted octanol–water partition coefficient (Wildman–Crippen LogP) is 3.22. The van der Waals surface area contributed by atoms with Gasteiger partial charge in [-0.3, -0.25) is 0 Å². The molecule has 0 unspecified atom stereocenters. The van der Waals surface area contributed by atoms with Crippen LogP contribution in [0.25, 0.3) is 0 Å². The van der Waals surface area contributed by atoms with Crippen molar-refractivity contribution in [1.82, 2.24) is 5.32 Å². The summed E-state index contributed by atoms with van der Waals surface area (Å²) >= 11 is 5.83. The maximum atomic E-state index is 5.83. The SMILES string of the molecule is Cl.Clc1ccc(CC2=CCNCC2)cc1. The number of rotatable bonds is 2. The molecular weight excluding hydrogens is 229 g/mol. The van der Waals surface area contributed by atoms with Crippen molar-refractivity contribution in [2.45, 2.75) is 12.8 Å². The minimum atomic E-state index is 0. The van der Waals surface area contributed by atoms with Crippen molar-refractivity contribution in [3.05, 3.63) is 46.5 Å². The van der Waals surface area contributed by atoms with Crippen molar-refractivity contribution in [2.75, 3.05) is 13.1 Å². The summed E-state index contributed by atoms with van der Waals surface area (Å²) in [6.45, 7) is 2.13. The van der Waals surface area contributed by atoms with Crippen LogP contribution in [0.4, 0.5) is 0 Å². The van der Waals surface area contributed by atoms with Gasteiger partial charge in [0.15, 0.2) is 0 Å². The summed E-state index contributed by atoms with van der Waals surface area (Å²) in [5.41, 5.74) is 2.88. The van der Waals surface area contributed by atoms with Gasteiger partial charge in [0.2, 0.25) is 0 Å². The minimum absolute atomic E-state index is 0. The Balaban J connectivity index is 0.00000112. The first kappa shape index (κ1) is 12.6. The highest BCUT2D eigenvalue weighted by atomic mass is 35.5. The van der Waals surface area contributed by atoms with Gasteiger partial charge in [0.25, 0.3) is 0 Å². The van der Waals surface area contributed by atoms with Crippen LogP contribution in [0.15, 0.2) is 35.9 Å². The summed E-state index contributed by atoms with van der Waals surface area (Å²) in [4.78, 5) is 0. The van der Waals surface area contributed by atoms with Gasteiger partial charge in [-0.05, 0) is 37.1 Å². The molecule has 3 heteroatoms. The van der Waals surface area contributed by atoms with E-state index < -0.39 is 0 Å². The molecule has 1 aliphatic heterocycles. The first-order chi connectivity index (χ1) is 6.84. The zero-order chi connectivity index (χ0) is 9.80. The van der Waals surface area contributed by atoms with Crippen molar-refractivity contribution in [1.29, 1.82) is 0 Å². The molecule has 82 valence electrons. The van der Waals surface area contributed by atoms with Crippen molar-refractivity contribution in [3.8, 4) is 0 Å². The molecule has 0 aromatic heterocycles. The van der Waals surface area contributed by atoms with Gasteiger partial charge in [0.05, 0.1) is 0 Å². The van der Waals surface area contributed by atoms with Gasteiger partial charge in [-0.2, -0.15) is 0 Å². The maximum absolute atomic E-state index is 5.83. The molecule has 0 fully saturated rings. The predicted molar refractivity (Wildman–Crippen MR) is 68.0 cm³/mol. The standard InChI is InChI=1S/C12H14ClN.ClH/c13-12-3-1-10(2-4-12)9-11-5-7-14-8-6-11;/h1-5,14H,6-9H2;1H. The van der Waals surface area contributed by atoms with E-state index in [2.05, 4.69) is 23.5 Å². The van der Waals surface area contributed by atoms with E-state index in [1.807, 2.05) is 12.1 Å². The summed E-state index contributed by atoms with van der Waals surface area (Å²) in [5, 5.41) is 4.13. The topological polar surface area (TPSA) is 12.0 Å². The lowest BCUT2D eigenvalue weighted by molar-refractivity contribution is 0.692. The highest BCUT2D eigenvalue weighted by Gasteiger charge is 2.03. The molecule has 0 atom stereocenters. The van der Waals surface area contributed by atoms with E-state index in [4.69, 9.17) is 11.6 Å². The first-order valence-corrected chi connectivity index (χ1v) is 5.35. The summed E-state index contributed by atoms with van der Waals surface area (Å²) in [5.74, 6) is 0. The Morgan fingerprint density at radius 2 is 1.93 bits per heavy atom. The van der Waals surface area contributed by atoms with Crippen LogP contribution in [0, 0.1) is 0 Å². The van der Waals surface area contributed by atoms with E-state index in [0.717, 1.165) is 24.5 Å². The molecule has 1 aromatic rings. The quantitative estimate of drug-likeness (QED) is 0.787. The normalized spacial score (nSPS) is 15.4. The summed E-state index contributed by atoms with van der Waals surface area (Å²) in [6.07, 6.45) is 4.53. The van der Waals surface area contributed by atoms with Gasteiger partial charge in [-0.1, -0.05) is 35.4 Å². The van der Waals surface area contributed by atoms with Crippen molar-refractivity contribution < 1.29 is 0 Å². The number of nitrogens with one attached hydrogen (secondary N) is 1. The third-order valence-corrected chi connectivity index (χ3v) is 2.75. The van der Waals surface area contributed by atoms with Crippen LogP contribution in [0.3, 0.4) is 0 Å². The van der Waals surface area contributed by atoms with Crippen LogP contribution in [-0.2, 0) is 6.42 Å². The second kappa shape index (κ2) is 6.16. The highest BCUT2D eigenvalue weighted by molar-refractivity contribution is 6.30. The number of hydrogen-bond acceptors (Lipinski definition) is 1. The van der Waals surface area contributed by atoms with Crippen LogP contribution >= 0.6 is 24.0 Å². The summed E-state index contributed by atoms with van der Waals surface area (Å²) < 4.78 is 0. The van der Waals surface area contributed by atoms with E-state index in [0.29, 0.717) is 0 Å². The van der Waals surface area contributed by atoms with Crippen LogP contribution < -0.4 is 5.32 Å². The van der Waals surface area contributed by atoms with Crippen molar-refractivity contribution in [3.63, 3.8) is 0 Å². The molecule has 1 heterocycles. The number of halogens is 2. The zero-order valence-electron chi connectivity index (χ0n) is 8.50. The molecule has 1 nitrogen and oxygen atoms in total. The van der Waals surface area contributed by atoms with Crippen molar-refractivity contribution >= 4 is 24.0 Å². The lowest BCUT2D eigenvalue weighted by Crippen LogP contribution is -2.21. The van der Waals surface area contributed by atoms with E-state index in [9.17, 15) is 0 Å². The highest BCUT2D eigenvalue weighted by Crippen LogP contribution is 2.15. The number of benzene rings is 1. The Bertz CT molecular complexity index is 330. The van der Waals surface area contributed by atoms with Gasteiger partial charge in [0, 0.05) is 11.6 Å². The molecule has 0 bridgehead atoms. The molecule has 0 saturated carbocycles. The first-order valence-electron chi connectivity index (χ1n) is 4.98. The van der Waals surface area contributed by atoms with E-state index in [1.165, 1.54) is 17.6 Å². The van der Waals surface area contributed by atoms with E-state index in [1.54, 1.807) is 0 Å². The van der Waals surface area contributed by atoms with E-state index in [-0.39, 0.29) is 12.4 Å². The molecule has 15 heavy (non-hydrogen) atoms. The van der Waals surface area contributed by atoms with Crippen LogP contribution in [0.5, 0.6) is 0 Å². The van der Waals surface area contributed by atoms with Gasteiger partial charge >= 0.3 is 0 Å². The van der Waals surface area contributed by atoms with Crippen LogP contribution in [0.2, 0.25) is 5.02 Å². The zero-order valence-corrected chi connectivity index (χ0v) is 10.1. The largest absolute Gasteiger partial charge is 0.313 e. The second-order valence-corrected chi connectivity index (χ2v) is 4.06. The Morgan fingerprint density at radius 1 is 1.20 bits per heavy atom. The van der Waals surface area contributed by atoms with Crippen LogP contribution in [-0.4, -0.2) is 13.1 Å². The molecule has 0 spiro atoms. The fourth-order valence-corrected chi connectivity index (χ4v) is 1.82. The monoisotopic (exact) mass is 243 g/mol.